The zero-order chi connectivity index (χ0) is 9.40. The number of thioether (sulfide) groups is 1. The highest BCUT2D eigenvalue weighted by atomic mass is 32.2. The molecule has 0 amide bonds. The standard InChI is InChI=1S/C9H22N2S/c1-4-8(3)6-9(11-10)7-12-5-2/h8-9,11H,4-7,10H2,1-3H3. The Bertz CT molecular complexity index is 98.5. The zero-order valence-electron chi connectivity index (χ0n) is 8.47. The van der Waals surface area contributed by atoms with Crippen LogP contribution in [-0.2, 0) is 0 Å². The molecule has 2 nitrogen and oxygen atoms in total. The van der Waals surface area contributed by atoms with E-state index < -0.39 is 0 Å². The van der Waals surface area contributed by atoms with E-state index in [0.29, 0.717) is 6.04 Å². The molecule has 0 bridgehead atoms. The van der Waals surface area contributed by atoms with E-state index in [2.05, 4.69) is 26.2 Å². The molecule has 0 radical (unpaired) electrons. The molecule has 0 rings (SSSR count). The van der Waals surface area contributed by atoms with Crippen LogP contribution in [0.3, 0.4) is 0 Å². The van der Waals surface area contributed by atoms with E-state index in [1.165, 1.54) is 18.6 Å². The third-order valence-corrected chi connectivity index (χ3v) is 3.19. The third kappa shape index (κ3) is 5.86. The van der Waals surface area contributed by atoms with Gasteiger partial charge in [0, 0.05) is 11.8 Å². The Kier molecular flexibility index (Phi) is 8.07. The van der Waals surface area contributed by atoms with Crippen LogP contribution in [0.15, 0.2) is 0 Å². The zero-order valence-corrected chi connectivity index (χ0v) is 9.29. The molecule has 0 aliphatic carbocycles. The summed E-state index contributed by atoms with van der Waals surface area (Å²) in [6, 6.07) is 0.491. The molecular weight excluding hydrogens is 168 g/mol. The van der Waals surface area contributed by atoms with Crippen molar-refractivity contribution in [3.05, 3.63) is 0 Å². The number of hydrogen-bond donors (Lipinski definition) is 2. The normalized spacial score (nSPS) is 16.0. The second kappa shape index (κ2) is 7.90. The Balaban J connectivity index is 3.51. The summed E-state index contributed by atoms with van der Waals surface area (Å²) in [5.41, 5.74) is 2.88. The van der Waals surface area contributed by atoms with Crippen molar-refractivity contribution in [3.63, 3.8) is 0 Å². The molecule has 2 unspecified atom stereocenters. The van der Waals surface area contributed by atoms with E-state index in [4.69, 9.17) is 5.84 Å². The minimum absolute atomic E-state index is 0.491. The molecule has 0 saturated carbocycles. The summed E-state index contributed by atoms with van der Waals surface area (Å²) >= 11 is 1.95. The van der Waals surface area contributed by atoms with Gasteiger partial charge in [-0.15, -0.1) is 0 Å². The molecule has 0 fully saturated rings. The van der Waals surface area contributed by atoms with Crippen LogP contribution in [0.1, 0.15) is 33.6 Å². The van der Waals surface area contributed by atoms with Crippen molar-refractivity contribution >= 4 is 11.8 Å². The van der Waals surface area contributed by atoms with E-state index in [9.17, 15) is 0 Å². The third-order valence-electron chi connectivity index (χ3n) is 2.14. The van der Waals surface area contributed by atoms with Gasteiger partial charge in [0.2, 0.25) is 0 Å². The summed E-state index contributed by atoms with van der Waals surface area (Å²) in [6.45, 7) is 6.69. The minimum atomic E-state index is 0.491. The SMILES string of the molecule is CCSCC(CC(C)CC)NN. The first kappa shape index (κ1) is 12.3. The van der Waals surface area contributed by atoms with Gasteiger partial charge in [0.25, 0.3) is 0 Å². The Labute approximate surface area is 80.6 Å². The molecule has 0 aliphatic heterocycles. The summed E-state index contributed by atoms with van der Waals surface area (Å²) in [6.07, 6.45) is 2.44. The summed E-state index contributed by atoms with van der Waals surface area (Å²) in [5.74, 6) is 8.55. The van der Waals surface area contributed by atoms with Crippen LogP contribution in [0.5, 0.6) is 0 Å². The van der Waals surface area contributed by atoms with E-state index in [1.54, 1.807) is 0 Å². The van der Waals surface area contributed by atoms with Crippen LogP contribution in [0.25, 0.3) is 0 Å². The number of nitrogens with two attached hydrogens (primary N) is 1. The van der Waals surface area contributed by atoms with Gasteiger partial charge in [-0.1, -0.05) is 27.2 Å². The lowest BCUT2D eigenvalue weighted by Gasteiger charge is -2.18. The highest BCUT2D eigenvalue weighted by molar-refractivity contribution is 7.99. The first-order valence-corrected chi connectivity index (χ1v) is 5.93. The Hall–Kier alpha value is 0.270. The lowest BCUT2D eigenvalue weighted by Crippen LogP contribution is -2.38. The molecule has 3 heteroatoms. The maximum atomic E-state index is 5.45. The molecule has 0 aliphatic rings. The van der Waals surface area contributed by atoms with Crippen molar-refractivity contribution in [2.75, 3.05) is 11.5 Å². The molecule has 0 heterocycles. The first-order valence-electron chi connectivity index (χ1n) is 4.78. The molecule has 0 aromatic heterocycles. The van der Waals surface area contributed by atoms with Crippen LogP contribution in [0.4, 0.5) is 0 Å². The van der Waals surface area contributed by atoms with Crippen molar-refractivity contribution < 1.29 is 0 Å². The summed E-state index contributed by atoms with van der Waals surface area (Å²) < 4.78 is 0. The molecule has 3 N–H and O–H groups in total. The van der Waals surface area contributed by atoms with Gasteiger partial charge in [-0.2, -0.15) is 11.8 Å². The van der Waals surface area contributed by atoms with E-state index in [-0.39, 0.29) is 0 Å². The van der Waals surface area contributed by atoms with Gasteiger partial charge >= 0.3 is 0 Å². The molecule has 0 saturated heterocycles. The second-order valence-corrected chi connectivity index (χ2v) is 4.59. The molecular formula is C9H22N2S. The lowest BCUT2D eigenvalue weighted by atomic mass is 10.0. The quantitative estimate of drug-likeness (QED) is 0.476. The smallest absolute Gasteiger partial charge is 0.0303 e. The van der Waals surface area contributed by atoms with Gasteiger partial charge in [-0.05, 0) is 18.1 Å². The summed E-state index contributed by atoms with van der Waals surface area (Å²) in [4.78, 5) is 0. The van der Waals surface area contributed by atoms with Gasteiger partial charge in [-0.25, -0.2) is 0 Å². The van der Waals surface area contributed by atoms with Crippen molar-refractivity contribution in [1.82, 2.24) is 5.43 Å². The first-order chi connectivity index (χ1) is 5.74. The largest absolute Gasteiger partial charge is 0.271 e. The van der Waals surface area contributed by atoms with Crippen LogP contribution >= 0.6 is 11.8 Å². The van der Waals surface area contributed by atoms with Gasteiger partial charge in [0.15, 0.2) is 0 Å². The molecule has 0 spiro atoms. The summed E-state index contributed by atoms with van der Waals surface area (Å²) in [7, 11) is 0. The van der Waals surface area contributed by atoms with E-state index in [0.717, 1.165) is 11.7 Å². The highest BCUT2D eigenvalue weighted by Crippen LogP contribution is 2.12. The fourth-order valence-electron chi connectivity index (χ4n) is 1.10. The lowest BCUT2D eigenvalue weighted by molar-refractivity contribution is 0.423. The van der Waals surface area contributed by atoms with E-state index in [1.807, 2.05) is 11.8 Å². The summed E-state index contributed by atoms with van der Waals surface area (Å²) in [5, 5.41) is 0. The molecule has 0 aromatic carbocycles. The highest BCUT2D eigenvalue weighted by Gasteiger charge is 2.09. The number of hydrazine groups is 1. The second-order valence-electron chi connectivity index (χ2n) is 3.27. The maximum absolute atomic E-state index is 5.45. The van der Waals surface area contributed by atoms with Crippen LogP contribution in [-0.4, -0.2) is 17.5 Å². The molecule has 12 heavy (non-hydrogen) atoms. The van der Waals surface area contributed by atoms with Crippen LogP contribution in [0.2, 0.25) is 0 Å². The minimum Gasteiger partial charge on any atom is -0.271 e. The predicted octanol–water partition coefficient (Wildman–Crippen LogP) is 2.01. The average molecular weight is 190 g/mol. The predicted molar refractivity (Wildman–Crippen MR) is 58.2 cm³/mol. The van der Waals surface area contributed by atoms with Crippen LogP contribution < -0.4 is 11.3 Å². The van der Waals surface area contributed by atoms with E-state index >= 15 is 0 Å². The van der Waals surface area contributed by atoms with Gasteiger partial charge in [0.1, 0.15) is 0 Å². The Morgan fingerprint density at radius 1 is 1.42 bits per heavy atom. The fourth-order valence-corrected chi connectivity index (χ4v) is 1.85. The Morgan fingerprint density at radius 2 is 2.08 bits per heavy atom. The van der Waals surface area contributed by atoms with Gasteiger partial charge < -0.3 is 0 Å². The van der Waals surface area contributed by atoms with Crippen molar-refractivity contribution in [2.45, 2.75) is 39.7 Å². The average Bonchev–Trinajstić information content (AvgIpc) is 2.11. The van der Waals surface area contributed by atoms with Crippen LogP contribution in [0, 0.1) is 5.92 Å². The number of rotatable bonds is 7. The molecule has 74 valence electrons. The molecule has 2 atom stereocenters. The Morgan fingerprint density at radius 3 is 2.50 bits per heavy atom. The van der Waals surface area contributed by atoms with Crippen molar-refractivity contribution in [1.29, 1.82) is 0 Å². The van der Waals surface area contributed by atoms with Gasteiger partial charge in [-0.3, -0.25) is 11.3 Å². The maximum Gasteiger partial charge on any atom is 0.0303 e. The number of hydrogen-bond acceptors (Lipinski definition) is 3. The van der Waals surface area contributed by atoms with Crippen molar-refractivity contribution in [2.24, 2.45) is 11.8 Å². The van der Waals surface area contributed by atoms with Gasteiger partial charge in [0.05, 0.1) is 0 Å². The number of nitrogens with one attached hydrogen (secondary N) is 1. The monoisotopic (exact) mass is 190 g/mol. The topological polar surface area (TPSA) is 38.0 Å². The molecule has 0 aromatic rings. The van der Waals surface area contributed by atoms with Crippen molar-refractivity contribution in [3.8, 4) is 0 Å². The fraction of sp³-hybridized carbons (Fsp3) is 1.00.